The zero-order chi connectivity index (χ0) is 24.1. The largest absolute Gasteiger partial charge is 0.493 e. The van der Waals surface area contributed by atoms with Crippen molar-refractivity contribution >= 4 is 34.7 Å². The lowest BCUT2D eigenvalue weighted by Crippen LogP contribution is -2.33. The molecule has 3 heterocycles. The molecule has 1 fully saturated rings. The van der Waals surface area contributed by atoms with Gasteiger partial charge in [0.05, 0.1) is 18.1 Å². The maximum Gasteiger partial charge on any atom is 0.192 e. The SMILES string of the molecule is COc1ccc(-c2nc(C(C)Sc3nc(N)cc(N)n3)c(C)s2)cc1OCCN1CCCCC1. The van der Waals surface area contributed by atoms with E-state index in [0.717, 1.165) is 52.3 Å². The van der Waals surface area contributed by atoms with E-state index in [2.05, 4.69) is 28.7 Å². The first-order valence-corrected chi connectivity index (χ1v) is 13.2. The van der Waals surface area contributed by atoms with Crippen LogP contribution in [0.25, 0.3) is 10.6 Å². The van der Waals surface area contributed by atoms with Crippen LogP contribution in [-0.4, -0.2) is 53.2 Å². The van der Waals surface area contributed by atoms with Crippen molar-refractivity contribution in [3.05, 3.63) is 34.8 Å². The third-order valence-electron chi connectivity index (χ3n) is 5.77. The Balaban J connectivity index is 1.48. The monoisotopic (exact) mass is 500 g/mol. The predicted molar refractivity (Wildman–Crippen MR) is 140 cm³/mol. The maximum absolute atomic E-state index is 6.14. The number of anilines is 2. The zero-order valence-corrected chi connectivity index (χ0v) is 21.5. The molecule has 1 aliphatic rings. The van der Waals surface area contributed by atoms with E-state index in [0.29, 0.717) is 23.4 Å². The van der Waals surface area contributed by atoms with Crippen molar-refractivity contribution in [2.75, 3.05) is 44.8 Å². The average Bonchev–Trinajstić information content (AvgIpc) is 3.21. The fraction of sp³-hybridized carbons (Fsp3) is 0.458. The number of hydrogen-bond acceptors (Lipinski definition) is 10. The smallest absolute Gasteiger partial charge is 0.192 e. The molecule has 34 heavy (non-hydrogen) atoms. The molecule has 2 aromatic heterocycles. The van der Waals surface area contributed by atoms with Gasteiger partial charge in [0.25, 0.3) is 0 Å². The van der Waals surface area contributed by atoms with Crippen LogP contribution in [0.5, 0.6) is 11.5 Å². The summed E-state index contributed by atoms with van der Waals surface area (Å²) in [5.74, 6) is 2.21. The maximum atomic E-state index is 6.14. The first-order chi connectivity index (χ1) is 16.4. The molecule has 0 bridgehead atoms. The fourth-order valence-corrected chi connectivity index (χ4v) is 6.08. The minimum Gasteiger partial charge on any atom is -0.493 e. The van der Waals surface area contributed by atoms with Gasteiger partial charge in [-0.1, -0.05) is 18.2 Å². The fourth-order valence-electron chi connectivity index (χ4n) is 4.03. The highest BCUT2D eigenvalue weighted by molar-refractivity contribution is 7.99. The number of rotatable bonds is 9. The van der Waals surface area contributed by atoms with Gasteiger partial charge in [-0.2, -0.15) is 0 Å². The number of thioether (sulfide) groups is 1. The molecule has 4 N–H and O–H groups in total. The van der Waals surface area contributed by atoms with Crippen LogP contribution in [0.2, 0.25) is 0 Å². The lowest BCUT2D eigenvalue weighted by molar-refractivity contribution is 0.180. The van der Waals surface area contributed by atoms with Crippen LogP contribution < -0.4 is 20.9 Å². The minimum absolute atomic E-state index is 0.0460. The van der Waals surface area contributed by atoms with Crippen LogP contribution in [0.15, 0.2) is 29.4 Å². The molecule has 182 valence electrons. The zero-order valence-electron chi connectivity index (χ0n) is 19.9. The summed E-state index contributed by atoms with van der Waals surface area (Å²) in [4.78, 5) is 17.1. The number of hydrogen-bond donors (Lipinski definition) is 2. The summed E-state index contributed by atoms with van der Waals surface area (Å²) in [6, 6.07) is 7.55. The van der Waals surface area contributed by atoms with E-state index in [9.17, 15) is 0 Å². The van der Waals surface area contributed by atoms with Crippen molar-refractivity contribution in [1.29, 1.82) is 0 Å². The molecule has 1 unspecified atom stereocenters. The Bertz CT molecular complexity index is 1100. The first kappa shape index (κ1) is 24.6. The Labute approximate surface area is 209 Å². The first-order valence-electron chi connectivity index (χ1n) is 11.5. The van der Waals surface area contributed by atoms with Gasteiger partial charge in [-0.05, 0) is 58.0 Å². The van der Waals surface area contributed by atoms with Crippen molar-refractivity contribution in [3.63, 3.8) is 0 Å². The summed E-state index contributed by atoms with van der Waals surface area (Å²) in [6.45, 7) is 8.05. The minimum atomic E-state index is 0.0460. The number of likely N-dealkylation sites (tertiary alicyclic amines) is 1. The number of nitrogens with zero attached hydrogens (tertiary/aromatic N) is 4. The van der Waals surface area contributed by atoms with Crippen molar-refractivity contribution in [1.82, 2.24) is 19.9 Å². The molecule has 1 aromatic carbocycles. The number of aryl methyl sites for hydroxylation is 1. The van der Waals surface area contributed by atoms with Crippen molar-refractivity contribution in [2.45, 2.75) is 43.5 Å². The molecule has 0 saturated carbocycles. The van der Waals surface area contributed by atoms with Gasteiger partial charge >= 0.3 is 0 Å². The van der Waals surface area contributed by atoms with Gasteiger partial charge in [0, 0.05) is 23.1 Å². The average molecular weight is 501 g/mol. The van der Waals surface area contributed by atoms with Crippen molar-refractivity contribution in [3.8, 4) is 22.1 Å². The lowest BCUT2D eigenvalue weighted by atomic mass is 10.1. The Kier molecular flexibility index (Phi) is 8.12. The molecule has 3 aromatic rings. The molecule has 0 amide bonds. The number of nitrogen functional groups attached to an aromatic ring is 2. The summed E-state index contributed by atoms with van der Waals surface area (Å²) in [7, 11) is 1.67. The highest BCUT2D eigenvalue weighted by atomic mass is 32.2. The number of nitrogens with two attached hydrogens (primary N) is 2. The molecule has 10 heteroatoms. The standard InChI is InChI=1S/C24H32N6O2S2/c1-15-22(16(2)34-24-27-20(25)14-21(26)28-24)29-23(33-15)17-7-8-18(31-3)19(13-17)32-12-11-30-9-5-4-6-10-30/h7-8,13-14,16H,4-6,9-12H2,1-3H3,(H4,25,26,27,28). The Morgan fingerprint density at radius 3 is 2.50 bits per heavy atom. The van der Waals surface area contributed by atoms with E-state index >= 15 is 0 Å². The Morgan fingerprint density at radius 1 is 1.06 bits per heavy atom. The predicted octanol–water partition coefficient (Wildman–Crippen LogP) is 4.80. The van der Waals surface area contributed by atoms with E-state index in [4.69, 9.17) is 25.9 Å². The third-order valence-corrected chi connectivity index (χ3v) is 7.78. The summed E-state index contributed by atoms with van der Waals surface area (Å²) < 4.78 is 11.7. The van der Waals surface area contributed by atoms with Gasteiger partial charge in [0.1, 0.15) is 23.3 Å². The highest BCUT2D eigenvalue weighted by Gasteiger charge is 2.19. The number of benzene rings is 1. The molecule has 1 aliphatic heterocycles. The number of ether oxygens (including phenoxy) is 2. The lowest BCUT2D eigenvalue weighted by Gasteiger charge is -2.26. The van der Waals surface area contributed by atoms with Gasteiger partial charge in [-0.3, -0.25) is 4.90 Å². The highest BCUT2D eigenvalue weighted by Crippen LogP contribution is 2.40. The van der Waals surface area contributed by atoms with Crippen LogP contribution in [0, 0.1) is 6.92 Å². The van der Waals surface area contributed by atoms with Gasteiger partial charge in [-0.15, -0.1) is 11.3 Å². The molecule has 1 saturated heterocycles. The second-order valence-corrected chi connectivity index (χ2v) is 10.8. The number of methoxy groups -OCH3 is 1. The molecule has 0 aliphatic carbocycles. The summed E-state index contributed by atoms with van der Waals surface area (Å²) in [6.07, 6.45) is 3.89. The van der Waals surface area contributed by atoms with Crippen LogP contribution in [-0.2, 0) is 0 Å². The van der Waals surface area contributed by atoms with Gasteiger partial charge in [-0.25, -0.2) is 15.0 Å². The second kappa shape index (κ2) is 11.2. The quantitative estimate of drug-likeness (QED) is 0.316. The summed E-state index contributed by atoms with van der Waals surface area (Å²) >= 11 is 3.16. The molecule has 8 nitrogen and oxygen atoms in total. The summed E-state index contributed by atoms with van der Waals surface area (Å²) in [5, 5.41) is 1.54. The molecular weight excluding hydrogens is 468 g/mol. The van der Waals surface area contributed by atoms with Crippen LogP contribution in [0.3, 0.4) is 0 Å². The molecule has 0 radical (unpaired) electrons. The second-order valence-electron chi connectivity index (χ2n) is 8.34. The van der Waals surface area contributed by atoms with E-state index in [1.807, 2.05) is 18.2 Å². The van der Waals surface area contributed by atoms with E-state index in [1.165, 1.54) is 31.0 Å². The van der Waals surface area contributed by atoms with Crippen molar-refractivity contribution < 1.29 is 9.47 Å². The Hall–Kier alpha value is -2.56. The van der Waals surface area contributed by atoms with Crippen molar-refractivity contribution in [2.24, 2.45) is 0 Å². The van der Waals surface area contributed by atoms with Gasteiger partial charge < -0.3 is 20.9 Å². The number of thiazole rings is 1. The number of aromatic nitrogens is 3. The van der Waals surface area contributed by atoms with Crippen LogP contribution in [0.4, 0.5) is 11.6 Å². The molecule has 4 rings (SSSR count). The van der Waals surface area contributed by atoms with Gasteiger partial charge in [0.2, 0.25) is 0 Å². The molecule has 1 atom stereocenters. The van der Waals surface area contributed by atoms with Gasteiger partial charge in [0.15, 0.2) is 16.7 Å². The normalized spacial score (nSPS) is 15.3. The van der Waals surface area contributed by atoms with Crippen LogP contribution in [0.1, 0.15) is 42.0 Å². The summed E-state index contributed by atoms with van der Waals surface area (Å²) in [5.41, 5.74) is 13.6. The van der Waals surface area contributed by atoms with E-state index in [1.54, 1.807) is 24.5 Å². The van der Waals surface area contributed by atoms with Crippen LogP contribution >= 0.6 is 23.1 Å². The van der Waals surface area contributed by atoms with E-state index < -0.39 is 0 Å². The third kappa shape index (κ3) is 6.11. The topological polar surface area (TPSA) is 112 Å². The molecule has 0 spiro atoms. The van der Waals surface area contributed by atoms with E-state index in [-0.39, 0.29) is 5.25 Å². The number of piperidine rings is 1. The molecular formula is C24H32N6O2S2. The Morgan fingerprint density at radius 2 is 1.79 bits per heavy atom.